The maximum absolute atomic E-state index is 5.22. The molecule has 6 nitrogen and oxygen atoms in total. The average Bonchev–Trinajstić information content (AvgIpc) is 1.24. The molecule has 19 aromatic rings. The minimum Gasteiger partial charge on any atom is -0.310 e. The molecule has 0 saturated carbocycles. The van der Waals surface area contributed by atoms with E-state index in [9.17, 15) is 0 Å². The van der Waals surface area contributed by atoms with Gasteiger partial charge in [-0.2, -0.15) is 0 Å². The van der Waals surface area contributed by atoms with Gasteiger partial charge in [0.1, 0.15) is 0 Å². The van der Waals surface area contributed by atoms with Gasteiger partial charge in [0, 0.05) is 103 Å². The Morgan fingerprint density at radius 2 is 0.505 bits per heavy atom. The van der Waals surface area contributed by atoms with E-state index in [1.54, 1.807) is 0 Å². The molecule has 522 valence electrons. The fraction of sp³-hybridized carbons (Fsp3) is 0.0385. The second-order valence-corrected chi connectivity index (χ2v) is 30.5. The average molecular weight is 1420 g/mol. The van der Waals surface area contributed by atoms with Crippen molar-refractivity contribution in [3.8, 4) is 100 Å². The zero-order chi connectivity index (χ0) is 73.8. The summed E-state index contributed by atoms with van der Waals surface area (Å²) in [6, 6.07) is 135. The Balaban J connectivity index is 0.894. The van der Waals surface area contributed by atoms with Gasteiger partial charge in [-0.05, 0) is 179 Å². The normalized spacial score (nSPS) is 12.4. The van der Waals surface area contributed by atoms with Crippen LogP contribution in [0.25, 0.3) is 144 Å². The van der Waals surface area contributed by atoms with Crippen molar-refractivity contribution < 1.29 is 0 Å². The molecule has 0 amide bonds. The fourth-order valence-corrected chi connectivity index (χ4v) is 17.7. The largest absolute Gasteiger partial charge is 0.310 e. The predicted octanol–water partition coefficient (Wildman–Crippen LogP) is 25.4. The topological polar surface area (TPSA) is 42.1 Å². The number of hydrogen-bond donors (Lipinski definition) is 0. The van der Waals surface area contributed by atoms with E-state index in [1.807, 2.05) is 0 Å². The molecule has 4 aromatic heterocycles. The highest BCUT2D eigenvalue weighted by Crippen LogP contribution is 2.55. The number of nitrogens with zero attached hydrogens (tertiary/aromatic N) is 6. The monoisotopic (exact) mass is 1420 g/mol. The second kappa shape index (κ2) is 26.4. The first kappa shape index (κ1) is 65.2. The number of fused-ring (bicyclic) bond motifs is 10. The molecule has 7 heteroatoms. The molecule has 0 bridgehead atoms. The van der Waals surface area contributed by atoms with Gasteiger partial charge < -0.3 is 18.9 Å². The molecule has 0 atom stereocenters. The van der Waals surface area contributed by atoms with Crippen LogP contribution in [-0.2, 0) is 5.41 Å². The minimum atomic E-state index is -0.367. The van der Waals surface area contributed by atoms with Crippen LogP contribution in [0.4, 0.5) is 34.1 Å². The lowest BCUT2D eigenvalue weighted by molar-refractivity contribution is 0.590. The van der Waals surface area contributed by atoms with Crippen molar-refractivity contribution in [2.75, 3.05) is 9.80 Å². The summed E-state index contributed by atoms with van der Waals surface area (Å²) in [7, 11) is 0. The Morgan fingerprint density at radius 3 is 0.766 bits per heavy atom. The molecule has 6 heterocycles. The van der Waals surface area contributed by atoms with E-state index in [0.717, 1.165) is 112 Å². The SMILES string of the molecule is CC(C)(C)c1cc2c3c(c1)N(c1c(-c4ccccc4)cncc1-c1ccccc1)c1cc(-n4c5ccc(-c6ccccc6)cc5c5cc(-c6ccccc6)ccc54)ccc1B3c1ccc(-n3c4ccc(-c5ccccc5)cc4c4cc(-c5ccccc5)ccc43)cc1N2c1c(-c2ccccc2)cncc1-c1ccccc1. The quantitative estimate of drug-likeness (QED) is 0.114. The van der Waals surface area contributed by atoms with E-state index in [1.165, 1.54) is 88.0 Å². The molecule has 0 unspecified atom stereocenters. The molecule has 0 aliphatic carbocycles. The smallest absolute Gasteiger partial charge is 0.252 e. The van der Waals surface area contributed by atoms with Gasteiger partial charge in [0.05, 0.1) is 33.4 Å². The van der Waals surface area contributed by atoms with Crippen molar-refractivity contribution >= 4 is 101 Å². The van der Waals surface area contributed by atoms with Gasteiger partial charge in [0.25, 0.3) is 6.71 Å². The summed E-state index contributed by atoms with van der Waals surface area (Å²) in [6.07, 6.45) is 8.36. The third-order valence-corrected chi connectivity index (χ3v) is 23.0. The van der Waals surface area contributed by atoms with Gasteiger partial charge in [-0.1, -0.05) is 300 Å². The van der Waals surface area contributed by atoms with Gasteiger partial charge in [-0.3, -0.25) is 9.97 Å². The van der Waals surface area contributed by atoms with Crippen LogP contribution in [-0.4, -0.2) is 25.8 Å². The molecule has 15 aromatic carbocycles. The van der Waals surface area contributed by atoms with Crippen molar-refractivity contribution in [3.63, 3.8) is 0 Å². The van der Waals surface area contributed by atoms with E-state index in [-0.39, 0.29) is 12.1 Å². The summed E-state index contributed by atoms with van der Waals surface area (Å²) in [5.41, 5.74) is 35.1. The lowest BCUT2D eigenvalue weighted by Gasteiger charge is -2.46. The van der Waals surface area contributed by atoms with Crippen LogP contribution in [0, 0.1) is 0 Å². The number of anilines is 6. The third kappa shape index (κ3) is 10.9. The van der Waals surface area contributed by atoms with E-state index in [2.05, 4.69) is 428 Å². The Kier molecular flexibility index (Phi) is 15.5. The summed E-state index contributed by atoms with van der Waals surface area (Å²) in [5, 5.41) is 4.74. The van der Waals surface area contributed by atoms with Gasteiger partial charge in [-0.15, -0.1) is 0 Å². The molecule has 2 aliphatic heterocycles. The zero-order valence-corrected chi connectivity index (χ0v) is 61.7. The van der Waals surface area contributed by atoms with Gasteiger partial charge >= 0.3 is 0 Å². The highest BCUT2D eigenvalue weighted by atomic mass is 15.2. The van der Waals surface area contributed by atoms with Crippen molar-refractivity contribution in [2.24, 2.45) is 0 Å². The molecule has 0 radical (unpaired) electrons. The minimum absolute atomic E-state index is 0.297. The van der Waals surface area contributed by atoms with Crippen LogP contribution < -0.4 is 26.2 Å². The number of hydrogen-bond acceptors (Lipinski definition) is 4. The maximum atomic E-state index is 5.22. The summed E-state index contributed by atoms with van der Waals surface area (Å²) >= 11 is 0. The Bertz CT molecular complexity index is 6120. The first-order chi connectivity index (χ1) is 54.7. The van der Waals surface area contributed by atoms with Crippen LogP contribution >= 0.6 is 0 Å². The summed E-state index contributed by atoms with van der Waals surface area (Å²) in [4.78, 5) is 15.7. The standard InChI is InChI=1S/C104H73BN6/c1-104(2,3)80-60-99-101-100(61-80)111(103-89(74-40-24-10-25-41-74)66-107-67-90(103)75-42-26-11-27-43-75)98-63-82(109-95-54-46-78(70-32-16-6-17-33-70)58-85(95)86-59-79(47-55-96(86)109)71-34-18-7-19-35-71)49-51-92(98)105(101)91-50-48-81(62-97(91)110(99)102-87(72-36-20-8-21-37-72)64-106-65-88(102)73-38-22-9-23-39-73)108-93-52-44-76(68-28-12-4-13-29-68)56-83(93)84-57-77(45-53-94(84)108)69-30-14-5-15-31-69/h4-67H,1-3H3. The van der Waals surface area contributed by atoms with Crippen molar-refractivity contribution in [1.82, 2.24) is 19.1 Å². The van der Waals surface area contributed by atoms with Crippen molar-refractivity contribution in [1.29, 1.82) is 0 Å². The molecule has 0 spiro atoms. The lowest BCUT2D eigenvalue weighted by Crippen LogP contribution is -2.61. The predicted molar refractivity (Wildman–Crippen MR) is 467 cm³/mol. The summed E-state index contributed by atoms with van der Waals surface area (Å²) < 4.78 is 5.03. The van der Waals surface area contributed by atoms with E-state index >= 15 is 0 Å². The zero-order valence-electron chi connectivity index (χ0n) is 61.7. The fourth-order valence-electron chi connectivity index (χ4n) is 17.7. The highest BCUT2D eigenvalue weighted by molar-refractivity contribution is 7.00. The molecule has 21 rings (SSSR count). The van der Waals surface area contributed by atoms with Crippen LogP contribution in [0.1, 0.15) is 26.3 Å². The number of aromatic nitrogens is 4. The first-order valence-electron chi connectivity index (χ1n) is 38.4. The van der Waals surface area contributed by atoms with Crippen molar-refractivity contribution in [3.05, 3.63) is 394 Å². The molecular weight excluding hydrogens is 1340 g/mol. The summed E-state index contributed by atoms with van der Waals surface area (Å²) in [5.74, 6) is 0. The lowest BCUT2D eigenvalue weighted by atomic mass is 9.33. The van der Waals surface area contributed by atoms with E-state index in [0.29, 0.717) is 0 Å². The van der Waals surface area contributed by atoms with Crippen LogP contribution in [0.15, 0.2) is 389 Å². The number of pyridine rings is 2. The second-order valence-electron chi connectivity index (χ2n) is 30.5. The molecule has 0 N–H and O–H groups in total. The molecule has 0 saturated heterocycles. The molecule has 111 heavy (non-hydrogen) atoms. The highest BCUT2D eigenvalue weighted by Gasteiger charge is 2.46. The Morgan fingerprint density at radius 1 is 0.243 bits per heavy atom. The van der Waals surface area contributed by atoms with Crippen LogP contribution in [0.3, 0.4) is 0 Å². The van der Waals surface area contributed by atoms with Crippen LogP contribution in [0.2, 0.25) is 0 Å². The summed E-state index contributed by atoms with van der Waals surface area (Å²) in [6.45, 7) is 6.81. The Hall–Kier alpha value is -14.1. The molecule has 2 aliphatic rings. The van der Waals surface area contributed by atoms with Gasteiger partial charge in [0.15, 0.2) is 0 Å². The number of benzene rings is 15. The Labute approximate surface area is 646 Å². The molecular formula is C104H73BN6. The molecule has 0 fully saturated rings. The maximum Gasteiger partial charge on any atom is 0.252 e. The first-order valence-corrected chi connectivity index (χ1v) is 38.4. The number of rotatable bonds is 12. The van der Waals surface area contributed by atoms with Crippen molar-refractivity contribution in [2.45, 2.75) is 26.2 Å². The van der Waals surface area contributed by atoms with E-state index in [4.69, 9.17) is 9.97 Å². The third-order valence-electron chi connectivity index (χ3n) is 23.0. The van der Waals surface area contributed by atoms with E-state index < -0.39 is 0 Å². The van der Waals surface area contributed by atoms with Gasteiger partial charge in [-0.25, -0.2) is 0 Å². The van der Waals surface area contributed by atoms with Gasteiger partial charge in [0.2, 0.25) is 0 Å². The van der Waals surface area contributed by atoms with Crippen LogP contribution in [0.5, 0.6) is 0 Å².